The number of nitrogens with zero attached hydrogens (tertiary/aromatic N) is 2. The maximum Gasteiger partial charge on any atom is 0.0598 e. The lowest BCUT2D eigenvalue weighted by atomic mass is 10.0. The molecule has 0 saturated carbocycles. The lowest BCUT2D eigenvalue weighted by Gasteiger charge is -2.21. The molecule has 0 aliphatic carbocycles. The molecule has 2 atom stereocenters. The molecule has 1 saturated heterocycles. The van der Waals surface area contributed by atoms with E-state index in [0.717, 1.165) is 38.0 Å². The van der Waals surface area contributed by atoms with Gasteiger partial charge < -0.3 is 10.2 Å². The fourth-order valence-electron chi connectivity index (χ4n) is 2.44. The maximum atomic E-state index is 4.28. The number of pyridine rings is 1. The van der Waals surface area contributed by atoms with Crippen molar-refractivity contribution in [3.63, 3.8) is 0 Å². The van der Waals surface area contributed by atoms with Crippen molar-refractivity contribution < 1.29 is 0 Å². The molecule has 3 nitrogen and oxygen atoms in total. The van der Waals surface area contributed by atoms with Gasteiger partial charge in [-0.1, -0.05) is 20.8 Å². The third kappa shape index (κ3) is 2.78. The minimum Gasteiger partial charge on any atom is -0.369 e. The third-order valence-corrected chi connectivity index (χ3v) is 3.78. The van der Waals surface area contributed by atoms with Gasteiger partial charge in [-0.05, 0) is 30.0 Å². The molecule has 1 fully saturated rings. The SMILES string of the molecule is CCNCc1ccncc1N1CC(C)C(C)C1. The Bertz CT molecular complexity index is 354. The molecule has 2 rings (SSSR count). The first-order chi connectivity index (χ1) is 8.22. The molecular formula is C14H23N3. The zero-order valence-corrected chi connectivity index (χ0v) is 11.1. The Morgan fingerprint density at radius 3 is 2.71 bits per heavy atom. The first kappa shape index (κ1) is 12.4. The summed E-state index contributed by atoms with van der Waals surface area (Å²) in [6.07, 6.45) is 3.90. The first-order valence-electron chi connectivity index (χ1n) is 6.61. The van der Waals surface area contributed by atoms with E-state index in [4.69, 9.17) is 0 Å². The van der Waals surface area contributed by atoms with Gasteiger partial charge in [0, 0.05) is 25.8 Å². The van der Waals surface area contributed by atoms with Gasteiger partial charge in [0.1, 0.15) is 0 Å². The van der Waals surface area contributed by atoms with Gasteiger partial charge >= 0.3 is 0 Å². The average molecular weight is 233 g/mol. The van der Waals surface area contributed by atoms with E-state index in [1.807, 2.05) is 12.4 Å². The monoisotopic (exact) mass is 233 g/mol. The van der Waals surface area contributed by atoms with E-state index in [-0.39, 0.29) is 0 Å². The van der Waals surface area contributed by atoms with Crippen LogP contribution in [-0.2, 0) is 6.54 Å². The van der Waals surface area contributed by atoms with Gasteiger partial charge in [0.25, 0.3) is 0 Å². The second kappa shape index (κ2) is 5.50. The molecule has 0 aromatic carbocycles. The Kier molecular flexibility index (Phi) is 4.00. The molecule has 2 heterocycles. The Balaban J connectivity index is 2.14. The van der Waals surface area contributed by atoms with E-state index < -0.39 is 0 Å². The highest BCUT2D eigenvalue weighted by molar-refractivity contribution is 5.52. The molecule has 1 aromatic rings. The second-order valence-electron chi connectivity index (χ2n) is 5.14. The Hall–Kier alpha value is -1.09. The van der Waals surface area contributed by atoms with E-state index >= 15 is 0 Å². The van der Waals surface area contributed by atoms with Gasteiger partial charge in [0.15, 0.2) is 0 Å². The van der Waals surface area contributed by atoms with E-state index in [1.165, 1.54) is 11.3 Å². The predicted molar refractivity (Wildman–Crippen MR) is 72.2 cm³/mol. The molecule has 1 aromatic heterocycles. The van der Waals surface area contributed by atoms with Gasteiger partial charge in [-0.25, -0.2) is 0 Å². The smallest absolute Gasteiger partial charge is 0.0598 e. The topological polar surface area (TPSA) is 28.2 Å². The molecule has 1 aliphatic rings. The van der Waals surface area contributed by atoms with Gasteiger partial charge in [-0.3, -0.25) is 4.98 Å². The van der Waals surface area contributed by atoms with Crippen LogP contribution in [0.5, 0.6) is 0 Å². The fourth-order valence-corrected chi connectivity index (χ4v) is 2.44. The number of aromatic nitrogens is 1. The molecule has 1 aliphatic heterocycles. The normalized spacial score (nSPS) is 24.3. The zero-order valence-electron chi connectivity index (χ0n) is 11.1. The first-order valence-corrected chi connectivity index (χ1v) is 6.61. The molecule has 0 bridgehead atoms. The van der Waals surface area contributed by atoms with Crippen LogP contribution < -0.4 is 10.2 Å². The van der Waals surface area contributed by atoms with Crippen molar-refractivity contribution in [1.82, 2.24) is 10.3 Å². The maximum absolute atomic E-state index is 4.28. The van der Waals surface area contributed by atoms with Crippen molar-refractivity contribution in [3.05, 3.63) is 24.0 Å². The van der Waals surface area contributed by atoms with Crippen molar-refractivity contribution in [3.8, 4) is 0 Å². The third-order valence-electron chi connectivity index (χ3n) is 3.78. The highest BCUT2D eigenvalue weighted by Gasteiger charge is 2.27. The summed E-state index contributed by atoms with van der Waals surface area (Å²) in [7, 11) is 0. The molecule has 1 N–H and O–H groups in total. The summed E-state index contributed by atoms with van der Waals surface area (Å²) >= 11 is 0. The second-order valence-corrected chi connectivity index (χ2v) is 5.14. The van der Waals surface area contributed by atoms with Crippen LogP contribution in [0.2, 0.25) is 0 Å². The van der Waals surface area contributed by atoms with Gasteiger partial charge in [-0.15, -0.1) is 0 Å². The van der Waals surface area contributed by atoms with Crippen LogP contribution in [0.15, 0.2) is 18.5 Å². The van der Waals surface area contributed by atoms with Crippen molar-refractivity contribution in [2.45, 2.75) is 27.3 Å². The largest absolute Gasteiger partial charge is 0.369 e. The number of hydrogen-bond acceptors (Lipinski definition) is 3. The molecule has 17 heavy (non-hydrogen) atoms. The van der Waals surface area contributed by atoms with Crippen LogP contribution in [0.25, 0.3) is 0 Å². The Morgan fingerprint density at radius 1 is 1.35 bits per heavy atom. The highest BCUT2D eigenvalue weighted by atomic mass is 15.2. The van der Waals surface area contributed by atoms with Crippen molar-refractivity contribution in [2.24, 2.45) is 11.8 Å². The summed E-state index contributed by atoms with van der Waals surface area (Å²) in [6.45, 7) is 11.1. The fraction of sp³-hybridized carbons (Fsp3) is 0.643. The molecule has 0 spiro atoms. The summed E-state index contributed by atoms with van der Waals surface area (Å²) in [5.74, 6) is 1.56. The summed E-state index contributed by atoms with van der Waals surface area (Å²) in [5.41, 5.74) is 2.67. The Labute approximate surface area is 104 Å². The number of anilines is 1. The molecule has 0 radical (unpaired) electrons. The minimum atomic E-state index is 0.780. The molecule has 0 amide bonds. The molecule has 94 valence electrons. The van der Waals surface area contributed by atoms with Gasteiger partial charge in [-0.2, -0.15) is 0 Å². The van der Waals surface area contributed by atoms with Gasteiger partial charge in [0.05, 0.1) is 11.9 Å². The van der Waals surface area contributed by atoms with Crippen molar-refractivity contribution >= 4 is 5.69 Å². The Morgan fingerprint density at radius 2 is 2.06 bits per heavy atom. The van der Waals surface area contributed by atoms with E-state index in [0.29, 0.717) is 0 Å². The molecule has 3 heteroatoms. The van der Waals surface area contributed by atoms with E-state index in [9.17, 15) is 0 Å². The van der Waals surface area contributed by atoms with Gasteiger partial charge in [0.2, 0.25) is 0 Å². The standard InChI is InChI=1S/C14H23N3/c1-4-15-7-13-5-6-16-8-14(13)17-9-11(2)12(3)10-17/h5-6,8,11-12,15H,4,7,9-10H2,1-3H3. The average Bonchev–Trinajstić information content (AvgIpc) is 2.67. The molecule has 2 unspecified atom stereocenters. The minimum absolute atomic E-state index is 0.780. The van der Waals surface area contributed by atoms with Crippen LogP contribution in [0, 0.1) is 11.8 Å². The number of hydrogen-bond donors (Lipinski definition) is 1. The van der Waals surface area contributed by atoms with Crippen LogP contribution in [0.3, 0.4) is 0 Å². The van der Waals surface area contributed by atoms with Crippen molar-refractivity contribution in [1.29, 1.82) is 0 Å². The van der Waals surface area contributed by atoms with E-state index in [1.54, 1.807) is 0 Å². The highest BCUT2D eigenvalue weighted by Crippen LogP contribution is 2.29. The quantitative estimate of drug-likeness (QED) is 0.865. The predicted octanol–water partition coefficient (Wildman–Crippen LogP) is 2.28. The summed E-state index contributed by atoms with van der Waals surface area (Å²) in [4.78, 5) is 6.76. The lowest BCUT2D eigenvalue weighted by Crippen LogP contribution is -2.23. The zero-order chi connectivity index (χ0) is 12.3. The van der Waals surface area contributed by atoms with Crippen molar-refractivity contribution in [2.75, 3.05) is 24.5 Å². The van der Waals surface area contributed by atoms with Crippen LogP contribution in [-0.4, -0.2) is 24.6 Å². The summed E-state index contributed by atoms with van der Waals surface area (Å²) in [6, 6.07) is 2.13. The van der Waals surface area contributed by atoms with E-state index in [2.05, 4.69) is 42.0 Å². The number of nitrogens with one attached hydrogen (secondary N) is 1. The van der Waals surface area contributed by atoms with Crippen LogP contribution >= 0.6 is 0 Å². The summed E-state index contributed by atoms with van der Waals surface area (Å²) in [5, 5.41) is 3.40. The lowest BCUT2D eigenvalue weighted by molar-refractivity contribution is 0.494. The summed E-state index contributed by atoms with van der Waals surface area (Å²) < 4.78 is 0. The van der Waals surface area contributed by atoms with Crippen LogP contribution in [0.4, 0.5) is 5.69 Å². The molecular weight excluding hydrogens is 210 g/mol. The number of rotatable bonds is 4. The van der Waals surface area contributed by atoms with Crippen LogP contribution in [0.1, 0.15) is 26.3 Å².